The number of benzene rings is 2. The van der Waals surface area contributed by atoms with Gasteiger partial charge in [-0.05, 0) is 49.2 Å². The van der Waals surface area contributed by atoms with Gasteiger partial charge >= 0.3 is 6.18 Å². The maximum atomic E-state index is 10.5. The van der Waals surface area contributed by atoms with E-state index in [1.165, 1.54) is 11.1 Å². The summed E-state index contributed by atoms with van der Waals surface area (Å²) >= 11 is 0. The van der Waals surface area contributed by atoms with Crippen LogP contribution in [0.1, 0.15) is 25.0 Å². The number of halogens is 3. The van der Waals surface area contributed by atoms with Crippen molar-refractivity contribution in [2.45, 2.75) is 44.0 Å². The molecule has 152 valence electrons. The van der Waals surface area contributed by atoms with Crippen molar-refractivity contribution >= 4 is 5.97 Å². The minimum absolute atomic E-state index is 0.0412. The minimum atomic E-state index is -5.19. The maximum Gasteiger partial charge on any atom is 0.430 e. The quantitative estimate of drug-likeness (QED) is 0.804. The van der Waals surface area contributed by atoms with Crippen LogP contribution in [0.25, 0.3) is 0 Å². The SMILES string of the molecule is CC1(C)c2cc(O)ccc2CC(Oc2ccccc2)C1[NH3+].O=C([O-])C(F)(F)F. The van der Waals surface area contributed by atoms with Crippen LogP contribution in [0.3, 0.4) is 0 Å². The molecule has 2 atom stereocenters. The Balaban J connectivity index is 0.000000345. The molecule has 0 bridgehead atoms. The number of carbonyl (C=O) groups excluding carboxylic acids is 1. The molecular formula is C20H22F3NO4. The van der Waals surface area contributed by atoms with Gasteiger partial charge in [-0.15, -0.1) is 0 Å². The number of phenols is 1. The summed E-state index contributed by atoms with van der Waals surface area (Å²) in [6, 6.07) is 15.6. The Hall–Kier alpha value is -2.74. The molecule has 0 amide bonds. The summed E-state index contributed by atoms with van der Waals surface area (Å²) in [6.45, 7) is 4.34. The standard InChI is InChI=1S/C18H21NO2.C2HF3O2/c1-18(2)15-11-13(20)9-8-12(15)10-16(17(18)19)21-14-6-4-3-5-7-14;3-2(4,5)1(6)7/h3-9,11,16-17,20H,10,19H2,1-2H3;(H,6,7). The smallest absolute Gasteiger partial charge is 0.430 e. The third kappa shape index (κ3) is 4.95. The molecule has 1 aliphatic carbocycles. The second-order valence-electron chi connectivity index (χ2n) is 7.13. The second-order valence-corrected chi connectivity index (χ2v) is 7.13. The van der Waals surface area contributed by atoms with Crippen molar-refractivity contribution in [1.29, 1.82) is 0 Å². The minimum Gasteiger partial charge on any atom is -0.542 e. The van der Waals surface area contributed by atoms with Crippen molar-refractivity contribution in [2.75, 3.05) is 0 Å². The Morgan fingerprint density at radius 3 is 2.32 bits per heavy atom. The predicted octanol–water partition coefficient (Wildman–Crippen LogP) is 1.58. The molecule has 2 unspecified atom stereocenters. The molecule has 0 aliphatic heterocycles. The highest BCUT2D eigenvalue weighted by Crippen LogP contribution is 2.38. The summed E-state index contributed by atoms with van der Waals surface area (Å²) < 4.78 is 37.7. The first-order valence-electron chi connectivity index (χ1n) is 8.58. The van der Waals surface area contributed by atoms with Crippen LogP contribution in [0, 0.1) is 0 Å². The van der Waals surface area contributed by atoms with Gasteiger partial charge in [0.25, 0.3) is 0 Å². The second kappa shape index (κ2) is 8.10. The zero-order valence-electron chi connectivity index (χ0n) is 15.5. The van der Waals surface area contributed by atoms with Crippen molar-refractivity contribution in [1.82, 2.24) is 0 Å². The number of carbonyl (C=O) groups is 1. The van der Waals surface area contributed by atoms with Crippen molar-refractivity contribution in [3.05, 3.63) is 59.7 Å². The fourth-order valence-corrected chi connectivity index (χ4v) is 3.16. The number of para-hydroxylation sites is 1. The summed E-state index contributed by atoms with van der Waals surface area (Å²) in [5, 5.41) is 18.5. The molecule has 4 N–H and O–H groups in total. The van der Waals surface area contributed by atoms with E-state index in [-0.39, 0.29) is 17.6 Å². The molecule has 28 heavy (non-hydrogen) atoms. The molecule has 0 radical (unpaired) electrons. The lowest BCUT2D eigenvalue weighted by molar-refractivity contribution is -0.452. The highest BCUT2D eigenvalue weighted by molar-refractivity contribution is 5.70. The van der Waals surface area contributed by atoms with Gasteiger partial charge in [-0.2, -0.15) is 13.2 Å². The molecule has 0 saturated heterocycles. The fraction of sp³-hybridized carbons (Fsp3) is 0.350. The molecule has 0 spiro atoms. The number of quaternary nitrogens is 1. The van der Waals surface area contributed by atoms with Crippen LogP contribution in [-0.2, 0) is 16.6 Å². The van der Waals surface area contributed by atoms with Crippen molar-refractivity contribution in [3.8, 4) is 11.5 Å². The van der Waals surface area contributed by atoms with Crippen LogP contribution in [0.15, 0.2) is 48.5 Å². The lowest BCUT2D eigenvalue weighted by Crippen LogP contribution is -2.76. The van der Waals surface area contributed by atoms with E-state index < -0.39 is 12.1 Å². The summed E-state index contributed by atoms with van der Waals surface area (Å²) in [5.41, 5.74) is 6.63. The molecule has 2 aromatic rings. The van der Waals surface area contributed by atoms with E-state index >= 15 is 0 Å². The topological polar surface area (TPSA) is 97.2 Å². The van der Waals surface area contributed by atoms with Gasteiger partial charge in [-0.25, -0.2) is 0 Å². The van der Waals surface area contributed by atoms with Crippen molar-refractivity contribution < 1.29 is 38.6 Å². The number of alkyl halides is 3. The zero-order chi connectivity index (χ0) is 21.1. The third-order valence-corrected chi connectivity index (χ3v) is 4.85. The number of phenolic OH excluding ortho intramolecular Hbond substituents is 1. The van der Waals surface area contributed by atoms with Crippen molar-refractivity contribution in [2.24, 2.45) is 0 Å². The van der Waals surface area contributed by atoms with Gasteiger partial charge in [0.2, 0.25) is 0 Å². The van der Waals surface area contributed by atoms with E-state index in [4.69, 9.17) is 14.6 Å². The third-order valence-electron chi connectivity index (χ3n) is 4.85. The van der Waals surface area contributed by atoms with Crippen LogP contribution >= 0.6 is 0 Å². The largest absolute Gasteiger partial charge is 0.542 e. The lowest BCUT2D eigenvalue weighted by Gasteiger charge is -2.40. The maximum absolute atomic E-state index is 10.5. The van der Waals surface area contributed by atoms with Gasteiger partial charge in [0.05, 0.1) is 0 Å². The van der Waals surface area contributed by atoms with E-state index in [1.807, 2.05) is 42.5 Å². The Kier molecular flexibility index (Phi) is 6.23. The van der Waals surface area contributed by atoms with Gasteiger partial charge in [-0.1, -0.05) is 24.3 Å². The Morgan fingerprint density at radius 2 is 1.79 bits per heavy atom. The summed E-state index contributed by atoms with van der Waals surface area (Å²) in [6.07, 6.45) is -4.33. The molecular weight excluding hydrogens is 375 g/mol. The first kappa shape index (κ1) is 21.6. The van der Waals surface area contributed by atoms with Gasteiger partial charge in [0, 0.05) is 11.8 Å². The van der Waals surface area contributed by atoms with Gasteiger partial charge in [0.15, 0.2) is 6.10 Å². The molecule has 3 rings (SSSR count). The number of hydrogen-bond donors (Lipinski definition) is 2. The molecule has 8 heteroatoms. The molecule has 2 aromatic carbocycles. The molecule has 0 saturated carbocycles. The van der Waals surface area contributed by atoms with E-state index in [9.17, 15) is 18.3 Å². The molecule has 0 aromatic heterocycles. The number of hydrogen-bond acceptors (Lipinski definition) is 4. The number of aromatic hydroxyl groups is 1. The predicted molar refractivity (Wildman–Crippen MR) is 93.4 cm³/mol. The number of carboxylic acids is 1. The molecule has 5 nitrogen and oxygen atoms in total. The van der Waals surface area contributed by atoms with Gasteiger partial charge in [0.1, 0.15) is 23.5 Å². The number of ether oxygens (including phenoxy) is 1. The van der Waals surface area contributed by atoms with Gasteiger partial charge in [-0.3, -0.25) is 0 Å². The number of fused-ring (bicyclic) bond motifs is 1. The van der Waals surface area contributed by atoms with Crippen LogP contribution in [0.4, 0.5) is 13.2 Å². The van der Waals surface area contributed by atoms with Crippen LogP contribution in [0.5, 0.6) is 11.5 Å². The highest BCUT2D eigenvalue weighted by atomic mass is 19.4. The van der Waals surface area contributed by atoms with E-state index in [2.05, 4.69) is 19.6 Å². The number of carboxylic acid groups (broad SMARTS) is 1. The fourth-order valence-electron chi connectivity index (χ4n) is 3.16. The highest BCUT2D eigenvalue weighted by Gasteiger charge is 2.44. The molecule has 0 heterocycles. The van der Waals surface area contributed by atoms with E-state index in [0.717, 1.165) is 12.2 Å². The summed E-state index contributed by atoms with van der Waals surface area (Å²) in [5.74, 6) is -1.81. The van der Waals surface area contributed by atoms with Gasteiger partial charge < -0.3 is 25.5 Å². The summed E-state index contributed by atoms with van der Waals surface area (Å²) in [4.78, 5) is 8.78. The monoisotopic (exact) mass is 397 g/mol. The zero-order valence-corrected chi connectivity index (χ0v) is 15.5. The Morgan fingerprint density at radius 1 is 1.21 bits per heavy atom. The van der Waals surface area contributed by atoms with Crippen LogP contribution < -0.4 is 15.6 Å². The number of aliphatic carboxylic acids is 1. The summed E-state index contributed by atoms with van der Waals surface area (Å²) in [7, 11) is 0. The number of rotatable bonds is 2. The molecule has 0 fully saturated rings. The average Bonchev–Trinajstić information content (AvgIpc) is 2.61. The average molecular weight is 397 g/mol. The van der Waals surface area contributed by atoms with Crippen LogP contribution in [0.2, 0.25) is 0 Å². The van der Waals surface area contributed by atoms with E-state index in [1.54, 1.807) is 6.07 Å². The normalized spacial score (nSPS) is 20.4. The van der Waals surface area contributed by atoms with E-state index in [0.29, 0.717) is 5.75 Å². The van der Waals surface area contributed by atoms with Crippen molar-refractivity contribution in [3.63, 3.8) is 0 Å². The first-order valence-corrected chi connectivity index (χ1v) is 8.58. The first-order chi connectivity index (χ1) is 12.9. The Labute approximate surface area is 160 Å². The Bertz CT molecular complexity index is 822. The van der Waals surface area contributed by atoms with Crippen LogP contribution in [-0.4, -0.2) is 29.4 Å². The molecule has 1 aliphatic rings. The lowest BCUT2D eigenvalue weighted by atomic mass is 9.68.